The molecule has 0 atom stereocenters. The second kappa shape index (κ2) is 12.3. The van der Waals surface area contributed by atoms with E-state index in [1.807, 2.05) is 29.1 Å². The number of nitrogens with one attached hydrogen (secondary N) is 2. The summed E-state index contributed by atoms with van der Waals surface area (Å²) in [5.41, 5.74) is 3.15. The van der Waals surface area contributed by atoms with Crippen LogP contribution in [0.3, 0.4) is 0 Å². The predicted octanol–water partition coefficient (Wildman–Crippen LogP) is 4.36. The van der Waals surface area contributed by atoms with E-state index in [9.17, 15) is 13.2 Å². The van der Waals surface area contributed by atoms with Crippen molar-refractivity contribution in [3.8, 4) is 5.75 Å². The van der Waals surface area contributed by atoms with Crippen LogP contribution in [0.2, 0.25) is 0 Å². The second-order valence-corrected chi connectivity index (χ2v) is 6.85. The van der Waals surface area contributed by atoms with Crippen molar-refractivity contribution in [1.82, 2.24) is 20.4 Å². The zero-order valence-corrected chi connectivity index (χ0v) is 19.8. The molecule has 0 aliphatic rings. The van der Waals surface area contributed by atoms with Gasteiger partial charge in [0.2, 0.25) is 0 Å². The van der Waals surface area contributed by atoms with Crippen molar-refractivity contribution in [2.45, 2.75) is 25.8 Å². The van der Waals surface area contributed by atoms with E-state index in [4.69, 9.17) is 4.74 Å². The van der Waals surface area contributed by atoms with Crippen molar-refractivity contribution in [2.75, 3.05) is 13.7 Å². The maximum absolute atomic E-state index is 12.2. The number of benzene rings is 2. The third kappa shape index (κ3) is 8.77. The molecule has 0 unspecified atom stereocenters. The summed E-state index contributed by atoms with van der Waals surface area (Å²) in [6, 6.07) is 16.6. The molecule has 1 aromatic heterocycles. The summed E-state index contributed by atoms with van der Waals surface area (Å²) in [4.78, 5) is 4.21. The summed E-state index contributed by atoms with van der Waals surface area (Å²) in [7, 11) is 1.68. The third-order valence-electron chi connectivity index (χ3n) is 4.36. The highest BCUT2D eigenvalue weighted by Crippen LogP contribution is 2.18. The Labute approximate surface area is 201 Å². The molecular weight excluding hydrogens is 534 g/mol. The van der Waals surface area contributed by atoms with E-state index >= 15 is 0 Å². The maximum Gasteiger partial charge on any atom is 0.422 e. The van der Waals surface area contributed by atoms with E-state index < -0.39 is 12.8 Å². The summed E-state index contributed by atoms with van der Waals surface area (Å²) in [5, 5.41) is 10.7. The molecule has 0 fully saturated rings. The Kier molecular flexibility index (Phi) is 9.82. The first-order valence-electron chi connectivity index (χ1n) is 9.69. The van der Waals surface area contributed by atoms with Crippen LogP contribution in [0.4, 0.5) is 13.2 Å². The molecule has 0 spiro atoms. The van der Waals surface area contributed by atoms with Crippen molar-refractivity contribution in [3.05, 3.63) is 83.7 Å². The van der Waals surface area contributed by atoms with E-state index in [1.54, 1.807) is 25.4 Å². The van der Waals surface area contributed by atoms with Crippen LogP contribution in [-0.2, 0) is 19.6 Å². The van der Waals surface area contributed by atoms with E-state index in [0.717, 1.165) is 16.7 Å². The lowest BCUT2D eigenvalue weighted by atomic mass is 10.1. The molecule has 0 amide bonds. The van der Waals surface area contributed by atoms with Crippen LogP contribution in [0.1, 0.15) is 16.7 Å². The molecule has 2 aromatic carbocycles. The number of ether oxygens (including phenoxy) is 1. The van der Waals surface area contributed by atoms with Crippen LogP contribution < -0.4 is 15.4 Å². The van der Waals surface area contributed by atoms with Crippen LogP contribution in [0, 0.1) is 0 Å². The zero-order valence-electron chi connectivity index (χ0n) is 17.5. The summed E-state index contributed by atoms with van der Waals surface area (Å²) in [5.74, 6) is 0.799. The summed E-state index contributed by atoms with van der Waals surface area (Å²) in [6.45, 7) is 0.468. The Morgan fingerprint density at radius 3 is 2.31 bits per heavy atom. The van der Waals surface area contributed by atoms with Crippen LogP contribution in [0.25, 0.3) is 0 Å². The minimum atomic E-state index is -4.35. The van der Waals surface area contributed by atoms with Gasteiger partial charge in [0.1, 0.15) is 5.75 Å². The lowest BCUT2D eigenvalue weighted by molar-refractivity contribution is -0.153. The molecule has 2 N–H and O–H groups in total. The molecular formula is C22H25F3IN5O. The van der Waals surface area contributed by atoms with Crippen LogP contribution in [0.5, 0.6) is 5.75 Å². The van der Waals surface area contributed by atoms with Gasteiger partial charge in [-0.15, -0.1) is 24.0 Å². The Morgan fingerprint density at radius 2 is 1.69 bits per heavy atom. The van der Waals surface area contributed by atoms with Crippen molar-refractivity contribution < 1.29 is 17.9 Å². The fourth-order valence-corrected chi connectivity index (χ4v) is 2.88. The van der Waals surface area contributed by atoms with Crippen molar-refractivity contribution in [3.63, 3.8) is 0 Å². The van der Waals surface area contributed by atoms with E-state index in [1.165, 1.54) is 12.1 Å². The first-order valence-corrected chi connectivity index (χ1v) is 9.69. The van der Waals surface area contributed by atoms with Gasteiger partial charge in [0.05, 0.1) is 6.54 Å². The SMILES string of the molecule is CN=C(NCc1ccc(OCC(F)(F)F)cc1)NCc1cccc(Cn2cccn2)c1.I. The van der Waals surface area contributed by atoms with Gasteiger partial charge in [-0.1, -0.05) is 36.4 Å². The zero-order chi connectivity index (χ0) is 22.1. The molecule has 32 heavy (non-hydrogen) atoms. The number of aromatic nitrogens is 2. The van der Waals surface area contributed by atoms with Gasteiger partial charge in [0.15, 0.2) is 12.6 Å². The molecule has 6 nitrogen and oxygen atoms in total. The molecule has 0 aliphatic heterocycles. The van der Waals surface area contributed by atoms with E-state index in [0.29, 0.717) is 25.6 Å². The molecule has 3 aromatic rings. The topological polar surface area (TPSA) is 63.5 Å². The summed E-state index contributed by atoms with van der Waals surface area (Å²) >= 11 is 0. The Morgan fingerprint density at radius 1 is 1.00 bits per heavy atom. The maximum atomic E-state index is 12.2. The highest BCUT2D eigenvalue weighted by molar-refractivity contribution is 14.0. The number of guanidine groups is 1. The van der Waals surface area contributed by atoms with Gasteiger partial charge in [-0.25, -0.2) is 0 Å². The molecule has 3 rings (SSSR count). The van der Waals surface area contributed by atoms with Crippen molar-refractivity contribution in [1.29, 1.82) is 0 Å². The largest absolute Gasteiger partial charge is 0.484 e. The number of hydrogen-bond acceptors (Lipinski definition) is 3. The monoisotopic (exact) mass is 559 g/mol. The minimum absolute atomic E-state index is 0. The molecule has 0 bridgehead atoms. The van der Waals surface area contributed by atoms with Gasteiger partial charge in [-0.2, -0.15) is 18.3 Å². The fourth-order valence-electron chi connectivity index (χ4n) is 2.88. The van der Waals surface area contributed by atoms with Crippen LogP contribution >= 0.6 is 24.0 Å². The molecule has 0 saturated carbocycles. The number of hydrogen-bond donors (Lipinski definition) is 2. The predicted molar refractivity (Wildman–Crippen MR) is 128 cm³/mol. The first-order chi connectivity index (χ1) is 14.9. The Balaban J connectivity index is 0.00000363. The number of alkyl halides is 3. The molecule has 10 heteroatoms. The second-order valence-electron chi connectivity index (χ2n) is 6.85. The molecule has 0 radical (unpaired) electrons. The van der Waals surface area contributed by atoms with E-state index in [2.05, 4.69) is 32.9 Å². The van der Waals surface area contributed by atoms with Crippen molar-refractivity contribution >= 4 is 29.9 Å². The summed E-state index contributed by atoms with van der Waals surface area (Å²) < 4.78 is 43.2. The third-order valence-corrected chi connectivity index (χ3v) is 4.36. The molecule has 0 saturated heterocycles. The molecule has 1 heterocycles. The lowest BCUT2D eigenvalue weighted by Gasteiger charge is -2.13. The quantitative estimate of drug-likeness (QED) is 0.245. The van der Waals surface area contributed by atoms with Gasteiger partial charge in [0.25, 0.3) is 0 Å². The van der Waals surface area contributed by atoms with Gasteiger partial charge >= 0.3 is 6.18 Å². The summed E-state index contributed by atoms with van der Waals surface area (Å²) in [6.07, 6.45) is -0.674. The average molecular weight is 559 g/mol. The van der Waals surface area contributed by atoms with Gasteiger partial charge in [0, 0.05) is 32.5 Å². The van der Waals surface area contributed by atoms with Gasteiger partial charge < -0.3 is 15.4 Å². The Hall–Kier alpha value is -2.76. The van der Waals surface area contributed by atoms with Gasteiger partial charge in [-0.05, 0) is 34.9 Å². The lowest BCUT2D eigenvalue weighted by Crippen LogP contribution is -2.36. The van der Waals surface area contributed by atoms with Crippen LogP contribution in [0.15, 0.2) is 72.0 Å². The normalized spacial score (nSPS) is 11.6. The number of halogens is 4. The molecule has 172 valence electrons. The fraction of sp³-hybridized carbons (Fsp3) is 0.273. The average Bonchev–Trinajstić information content (AvgIpc) is 3.26. The van der Waals surface area contributed by atoms with E-state index in [-0.39, 0.29) is 29.7 Å². The standard InChI is InChI=1S/C22H24F3N5O.HI/c1-26-21(27-13-17-6-8-20(9-7-17)31-16-22(23,24)25)28-14-18-4-2-5-19(12-18)15-30-11-3-10-29-30;/h2-12H,13-16H2,1H3,(H2,26,27,28);1H. The number of nitrogens with zero attached hydrogens (tertiary/aromatic N) is 3. The number of aliphatic imine (C=N–C) groups is 1. The first kappa shape index (κ1) is 25.5. The molecule has 0 aliphatic carbocycles. The van der Waals surface area contributed by atoms with Crippen LogP contribution in [-0.4, -0.2) is 35.6 Å². The highest BCUT2D eigenvalue weighted by Gasteiger charge is 2.28. The van der Waals surface area contributed by atoms with Gasteiger partial charge in [-0.3, -0.25) is 9.67 Å². The Bertz CT molecular complexity index is 976. The van der Waals surface area contributed by atoms with Crippen molar-refractivity contribution in [2.24, 2.45) is 4.99 Å². The minimum Gasteiger partial charge on any atom is -0.484 e. The smallest absolute Gasteiger partial charge is 0.422 e. The highest BCUT2D eigenvalue weighted by atomic mass is 127. The number of rotatable bonds is 8.